The van der Waals surface area contributed by atoms with Crippen molar-refractivity contribution >= 4 is 11.6 Å². The number of rotatable bonds is 2. The lowest BCUT2D eigenvalue weighted by Crippen LogP contribution is -1.93. The summed E-state index contributed by atoms with van der Waals surface area (Å²) in [5.74, 6) is 0.512. The summed E-state index contributed by atoms with van der Waals surface area (Å²) < 4.78 is 1.71. The first-order valence-corrected chi connectivity index (χ1v) is 5.25. The molecule has 2 aromatic heterocycles. The summed E-state index contributed by atoms with van der Waals surface area (Å²) in [6, 6.07) is 7.43. The van der Waals surface area contributed by atoms with Gasteiger partial charge in [0.15, 0.2) is 0 Å². The van der Waals surface area contributed by atoms with Crippen LogP contribution < -0.4 is 0 Å². The quantitative estimate of drug-likeness (QED) is 0.747. The number of nitrogens with one attached hydrogen (secondary N) is 1. The molecule has 0 spiro atoms. The van der Waals surface area contributed by atoms with Gasteiger partial charge in [0, 0.05) is 11.2 Å². The number of aromatic nitrogens is 6. The Kier molecular flexibility index (Phi) is 2.34. The fourth-order valence-corrected chi connectivity index (χ4v) is 1.67. The lowest BCUT2D eigenvalue weighted by atomic mass is 10.3. The first kappa shape index (κ1) is 9.98. The Morgan fingerprint density at radius 3 is 3.00 bits per heavy atom. The van der Waals surface area contributed by atoms with E-state index in [1.807, 2.05) is 30.5 Å². The summed E-state index contributed by atoms with van der Waals surface area (Å²) in [7, 11) is 0. The van der Waals surface area contributed by atoms with Crippen molar-refractivity contribution in [2.75, 3.05) is 0 Å². The van der Waals surface area contributed by atoms with Crippen LogP contribution in [0.5, 0.6) is 0 Å². The van der Waals surface area contributed by atoms with Gasteiger partial charge in [0.1, 0.15) is 0 Å². The lowest BCUT2D eigenvalue weighted by Gasteiger charge is -2.00. The van der Waals surface area contributed by atoms with Crippen LogP contribution in [0.1, 0.15) is 0 Å². The van der Waals surface area contributed by atoms with Crippen LogP contribution in [0.2, 0.25) is 5.02 Å². The van der Waals surface area contributed by atoms with Gasteiger partial charge in [-0.05, 0) is 23.4 Å². The molecule has 3 aromatic rings. The van der Waals surface area contributed by atoms with E-state index in [1.54, 1.807) is 10.9 Å². The van der Waals surface area contributed by atoms with Crippen molar-refractivity contribution in [3.05, 3.63) is 41.7 Å². The van der Waals surface area contributed by atoms with E-state index >= 15 is 0 Å². The van der Waals surface area contributed by atoms with E-state index in [4.69, 9.17) is 11.6 Å². The molecule has 1 aromatic carbocycles. The topological polar surface area (TPSA) is 72.3 Å². The monoisotopic (exact) mass is 246 g/mol. The third kappa shape index (κ3) is 1.90. The molecule has 0 amide bonds. The summed E-state index contributed by atoms with van der Waals surface area (Å²) in [4.78, 5) is 0. The standard InChI is InChI=1S/C10H7ClN6/c11-8-2-1-3-9(4-8)17-6-7(5-12-17)10-13-15-16-14-10/h1-6H,(H,13,14,15,16). The second-order valence-electron chi connectivity index (χ2n) is 3.39. The maximum atomic E-state index is 5.92. The highest BCUT2D eigenvalue weighted by molar-refractivity contribution is 6.30. The van der Waals surface area contributed by atoms with E-state index in [-0.39, 0.29) is 0 Å². The minimum Gasteiger partial charge on any atom is -0.240 e. The summed E-state index contributed by atoms with van der Waals surface area (Å²) in [5.41, 5.74) is 1.67. The highest BCUT2D eigenvalue weighted by atomic mass is 35.5. The molecule has 0 atom stereocenters. The molecule has 0 bridgehead atoms. The summed E-state index contributed by atoms with van der Waals surface area (Å²) in [5, 5.41) is 18.6. The van der Waals surface area contributed by atoms with Crippen molar-refractivity contribution in [3.8, 4) is 17.1 Å². The zero-order valence-electron chi connectivity index (χ0n) is 8.58. The molecule has 6 nitrogen and oxygen atoms in total. The van der Waals surface area contributed by atoms with Crippen LogP contribution in [0.15, 0.2) is 36.7 Å². The highest BCUT2D eigenvalue weighted by Crippen LogP contribution is 2.17. The molecule has 0 aliphatic heterocycles. The Morgan fingerprint density at radius 2 is 2.24 bits per heavy atom. The highest BCUT2D eigenvalue weighted by Gasteiger charge is 2.07. The molecule has 0 fully saturated rings. The minimum atomic E-state index is 0.512. The van der Waals surface area contributed by atoms with E-state index in [2.05, 4.69) is 25.7 Å². The molecule has 3 rings (SSSR count). The Morgan fingerprint density at radius 1 is 1.29 bits per heavy atom. The van der Waals surface area contributed by atoms with E-state index in [1.165, 1.54) is 0 Å². The van der Waals surface area contributed by atoms with E-state index in [0.29, 0.717) is 10.8 Å². The zero-order valence-corrected chi connectivity index (χ0v) is 9.33. The van der Waals surface area contributed by atoms with Gasteiger partial charge in [0.2, 0.25) is 5.82 Å². The number of halogens is 1. The van der Waals surface area contributed by atoms with Gasteiger partial charge in [-0.3, -0.25) is 0 Å². The number of hydrogen-bond acceptors (Lipinski definition) is 4. The van der Waals surface area contributed by atoms with Crippen molar-refractivity contribution in [2.24, 2.45) is 0 Å². The van der Waals surface area contributed by atoms with Crippen LogP contribution in [-0.4, -0.2) is 30.4 Å². The zero-order chi connectivity index (χ0) is 11.7. The van der Waals surface area contributed by atoms with Crippen LogP contribution in [0, 0.1) is 0 Å². The van der Waals surface area contributed by atoms with Crippen LogP contribution in [0.4, 0.5) is 0 Å². The SMILES string of the molecule is Clc1cccc(-n2cc(-c3nn[nH]n3)cn2)c1. The first-order chi connectivity index (χ1) is 8.33. The maximum Gasteiger partial charge on any atom is 0.207 e. The van der Waals surface area contributed by atoms with Gasteiger partial charge in [0.05, 0.1) is 17.4 Å². The third-order valence-corrected chi connectivity index (χ3v) is 2.49. The minimum absolute atomic E-state index is 0.512. The Labute approximate surface area is 101 Å². The molecule has 0 unspecified atom stereocenters. The molecular weight excluding hydrogens is 240 g/mol. The first-order valence-electron chi connectivity index (χ1n) is 4.87. The molecule has 2 heterocycles. The van der Waals surface area contributed by atoms with Crippen molar-refractivity contribution in [3.63, 3.8) is 0 Å². The molecule has 0 radical (unpaired) electrons. The van der Waals surface area contributed by atoms with Gasteiger partial charge in [-0.2, -0.15) is 10.3 Å². The molecular formula is C10H7ClN6. The number of benzene rings is 1. The van der Waals surface area contributed by atoms with Crippen LogP contribution in [-0.2, 0) is 0 Å². The van der Waals surface area contributed by atoms with Gasteiger partial charge < -0.3 is 0 Å². The smallest absolute Gasteiger partial charge is 0.207 e. The average molecular weight is 247 g/mol. The fourth-order valence-electron chi connectivity index (χ4n) is 1.48. The van der Waals surface area contributed by atoms with Gasteiger partial charge in [-0.1, -0.05) is 17.7 Å². The van der Waals surface area contributed by atoms with Gasteiger partial charge >= 0.3 is 0 Å². The molecule has 7 heteroatoms. The number of H-pyrrole nitrogens is 1. The largest absolute Gasteiger partial charge is 0.240 e. The second kappa shape index (κ2) is 3.99. The number of nitrogens with zero attached hydrogens (tertiary/aromatic N) is 5. The molecule has 0 saturated carbocycles. The van der Waals surface area contributed by atoms with Crippen molar-refractivity contribution in [2.45, 2.75) is 0 Å². The molecule has 84 valence electrons. The van der Waals surface area contributed by atoms with Crippen LogP contribution in [0.3, 0.4) is 0 Å². The van der Waals surface area contributed by atoms with Crippen LogP contribution >= 0.6 is 11.6 Å². The van der Waals surface area contributed by atoms with Gasteiger partial charge in [-0.15, -0.1) is 10.2 Å². The number of hydrogen-bond donors (Lipinski definition) is 1. The number of tetrazole rings is 1. The predicted molar refractivity (Wildman–Crippen MR) is 61.7 cm³/mol. The fraction of sp³-hybridized carbons (Fsp3) is 0. The third-order valence-electron chi connectivity index (χ3n) is 2.26. The second-order valence-corrected chi connectivity index (χ2v) is 3.83. The van der Waals surface area contributed by atoms with E-state index in [0.717, 1.165) is 11.3 Å². The van der Waals surface area contributed by atoms with Crippen molar-refractivity contribution in [1.29, 1.82) is 0 Å². The van der Waals surface area contributed by atoms with Crippen LogP contribution in [0.25, 0.3) is 17.1 Å². The summed E-state index contributed by atoms with van der Waals surface area (Å²) in [6.45, 7) is 0. The van der Waals surface area contributed by atoms with Crippen molar-refractivity contribution < 1.29 is 0 Å². The summed E-state index contributed by atoms with van der Waals surface area (Å²) in [6.07, 6.45) is 3.49. The van der Waals surface area contributed by atoms with Crippen molar-refractivity contribution in [1.82, 2.24) is 30.4 Å². The molecule has 0 saturated heterocycles. The Bertz CT molecular complexity index is 630. The average Bonchev–Trinajstić information content (AvgIpc) is 3.00. The number of aromatic amines is 1. The molecule has 1 N–H and O–H groups in total. The summed E-state index contributed by atoms with van der Waals surface area (Å²) >= 11 is 5.92. The molecule has 0 aliphatic carbocycles. The lowest BCUT2D eigenvalue weighted by molar-refractivity contribution is 0.880. The van der Waals surface area contributed by atoms with Gasteiger partial charge in [-0.25, -0.2) is 4.68 Å². The maximum absolute atomic E-state index is 5.92. The Hall–Kier alpha value is -2.21. The molecule has 17 heavy (non-hydrogen) atoms. The normalized spacial score (nSPS) is 10.6. The van der Waals surface area contributed by atoms with E-state index < -0.39 is 0 Å². The Balaban J connectivity index is 2.01. The van der Waals surface area contributed by atoms with E-state index in [9.17, 15) is 0 Å². The predicted octanol–water partition coefficient (Wildman–Crippen LogP) is 1.71. The van der Waals surface area contributed by atoms with Gasteiger partial charge in [0.25, 0.3) is 0 Å². The molecule has 0 aliphatic rings.